The van der Waals surface area contributed by atoms with Crippen molar-refractivity contribution < 1.29 is 18.8 Å². The van der Waals surface area contributed by atoms with Gasteiger partial charge in [-0.25, -0.2) is 9.78 Å². The number of nitrogens with zero attached hydrogens (tertiary/aromatic N) is 3. The van der Waals surface area contributed by atoms with Crippen LogP contribution in [0.2, 0.25) is 0 Å². The van der Waals surface area contributed by atoms with Crippen LogP contribution in [-0.2, 0) is 20.3 Å². The second kappa shape index (κ2) is 16.2. The summed E-state index contributed by atoms with van der Waals surface area (Å²) in [5.41, 5.74) is 4.75. The highest BCUT2D eigenvalue weighted by molar-refractivity contribution is 8.28. The van der Waals surface area contributed by atoms with E-state index in [2.05, 4.69) is 56.2 Å². The van der Waals surface area contributed by atoms with E-state index >= 15 is 0 Å². The lowest BCUT2D eigenvalue weighted by atomic mass is 9.63. The van der Waals surface area contributed by atoms with E-state index in [9.17, 15) is 9.35 Å². The largest absolute Gasteiger partial charge is 0.444 e. The third kappa shape index (κ3) is 10.5. The van der Waals surface area contributed by atoms with Crippen molar-refractivity contribution in [2.24, 2.45) is 0 Å². The highest BCUT2D eigenvalue weighted by Gasteiger charge is 2.45. The molecule has 284 valence electrons. The summed E-state index contributed by atoms with van der Waals surface area (Å²) in [6.07, 6.45) is 9.65. The van der Waals surface area contributed by atoms with Crippen LogP contribution in [0.5, 0.6) is 0 Å². The predicted octanol–water partition coefficient (Wildman–Crippen LogP) is 10.8. The molecule has 0 bridgehead atoms. The lowest BCUT2D eigenvalue weighted by molar-refractivity contribution is -0.0627. The van der Waals surface area contributed by atoms with Gasteiger partial charge in [-0.05, 0) is 139 Å². The minimum atomic E-state index is -1.16. The van der Waals surface area contributed by atoms with Crippen molar-refractivity contribution in [2.45, 2.75) is 155 Å². The molecule has 1 amide bonds. The number of carbonyl (C=O) groups is 1. The first-order valence-electron chi connectivity index (χ1n) is 19.1. The molecule has 1 unspecified atom stereocenters. The van der Waals surface area contributed by atoms with E-state index in [0.29, 0.717) is 12.5 Å². The van der Waals surface area contributed by atoms with Gasteiger partial charge in [0.25, 0.3) is 0 Å². The van der Waals surface area contributed by atoms with Gasteiger partial charge in [0, 0.05) is 16.9 Å². The molecule has 0 spiro atoms. The molecule has 0 radical (unpaired) electrons. The zero-order chi connectivity index (χ0) is 37.1. The van der Waals surface area contributed by atoms with E-state index in [1.807, 2.05) is 71.0 Å². The van der Waals surface area contributed by atoms with Gasteiger partial charge in [0.1, 0.15) is 11.3 Å². The number of hydrogen-bond donors (Lipinski definition) is 1. The van der Waals surface area contributed by atoms with Crippen LogP contribution in [0.1, 0.15) is 143 Å². The van der Waals surface area contributed by atoms with Crippen molar-refractivity contribution in [3.63, 3.8) is 0 Å². The summed E-state index contributed by atoms with van der Waals surface area (Å²) < 4.78 is 20.9. The number of aromatic nitrogens is 1. The highest BCUT2D eigenvalue weighted by Crippen LogP contribution is 2.47. The van der Waals surface area contributed by atoms with Crippen LogP contribution in [0.4, 0.5) is 4.79 Å². The fourth-order valence-electron chi connectivity index (χ4n) is 7.46. The number of benzene rings is 1. The molecule has 5 rings (SSSR count). The van der Waals surface area contributed by atoms with Gasteiger partial charge in [-0.1, -0.05) is 60.1 Å². The van der Waals surface area contributed by atoms with Gasteiger partial charge in [-0.3, -0.25) is 4.90 Å². The zero-order valence-electron chi connectivity index (χ0n) is 33.5. The minimum absolute atomic E-state index is 0.0716. The Hall–Kier alpha value is -1.65. The van der Waals surface area contributed by atoms with Gasteiger partial charge in [0.05, 0.1) is 23.4 Å². The van der Waals surface area contributed by atoms with Crippen molar-refractivity contribution in [1.29, 1.82) is 0 Å². The van der Waals surface area contributed by atoms with Crippen molar-refractivity contribution in [2.75, 3.05) is 44.0 Å². The van der Waals surface area contributed by atoms with Crippen LogP contribution < -0.4 is 0 Å². The van der Waals surface area contributed by atoms with Gasteiger partial charge in [-0.2, -0.15) is 0 Å². The standard InChI is InChI=1S/C36H55N3O3S.C5H14OS/c1-33(2,3)42-32(40)39-27(23-41-36(39,8)9)12-10-11-19-38-20-15-25(16-21-38)31-37-30(24-43-31)26-13-14-28-29(22-26)35(6,7)18-17-34(28,4)5;1-4-7(3,6)5-2/h13-14,22,24-25,27H,10-12,15-21,23H2,1-9H3;6H,4-5H2,1-3H3. The summed E-state index contributed by atoms with van der Waals surface area (Å²) in [4.78, 5) is 22.5. The number of amides is 1. The summed E-state index contributed by atoms with van der Waals surface area (Å²) in [7, 11) is -1.16. The molecule has 1 aliphatic carbocycles. The molecular formula is C41H69N3O4S2. The molecule has 7 nitrogen and oxygen atoms in total. The van der Waals surface area contributed by atoms with Crippen molar-refractivity contribution >= 4 is 27.7 Å². The Balaban J connectivity index is 0.000000727. The molecule has 9 heteroatoms. The number of hydrogen-bond acceptors (Lipinski definition) is 7. The normalized spacial score (nSPS) is 22.4. The Bertz CT molecular complexity index is 1410. The SMILES string of the molecule is CC(C)(C)OC(=O)N1C(CCCCN2CCC(c3nc(-c4ccc5c(c4)C(C)(C)CCC5(C)C)cs3)CC2)COC1(C)C.CCS(C)(O)CC. The maximum atomic E-state index is 12.9. The number of carbonyl (C=O) groups excluding carboxylic acids is 1. The molecular weight excluding hydrogens is 663 g/mol. The topological polar surface area (TPSA) is 75.1 Å². The van der Waals surface area contributed by atoms with E-state index < -0.39 is 21.6 Å². The summed E-state index contributed by atoms with van der Waals surface area (Å²) in [5, 5.41) is 3.58. The number of rotatable bonds is 9. The number of likely N-dealkylation sites (tertiary alicyclic amines) is 1. The Labute approximate surface area is 310 Å². The molecule has 50 heavy (non-hydrogen) atoms. The number of ether oxygens (including phenoxy) is 2. The van der Waals surface area contributed by atoms with E-state index in [4.69, 9.17) is 14.5 Å². The summed E-state index contributed by atoms with van der Waals surface area (Å²) >= 11 is 1.85. The summed E-state index contributed by atoms with van der Waals surface area (Å²) in [6.45, 7) is 27.2. The summed E-state index contributed by atoms with van der Waals surface area (Å²) in [5.74, 6) is 2.43. The summed E-state index contributed by atoms with van der Waals surface area (Å²) in [6, 6.07) is 7.18. The van der Waals surface area contributed by atoms with Crippen LogP contribution in [0.25, 0.3) is 11.3 Å². The molecule has 2 saturated heterocycles. The highest BCUT2D eigenvalue weighted by atomic mass is 32.3. The number of piperidine rings is 1. The van der Waals surface area contributed by atoms with Gasteiger partial charge < -0.3 is 18.9 Å². The zero-order valence-corrected chi connectivity index (χ0v) is 35.1. The first kappa shape index (κ1) is 41.1. The fraction of sp³-hybridized carbons (Fsp3) is 0.756. The average Bonchev–Trinajstić information content (AvgIpc) is 3.65. The molecule has 0 saturated carbocycles. The van der Waals surface area contributed by atoms with E-state index in [0.717, 1.165) is 56.1 Å². The van der Waals surface area contributed by atoms with Gasteiger partial charge >= 0.3 is 6.09 Å². The van der Waals surface area contributed by atoms with Crippen molar-refractivity contribution in [3.05, 3.63) is 39.7 Å². The molecule has 1 aromatic carbocycles. The maximum Gasteiger partial charge on any atom is 0.412 e. The van der Waals surface area contributed by atoms with Gasteiger partial charge in [-0.15, -0.1) is 21.6 Å². The second-order valence-corrected chi connectivity index (χ2v) is 22.3. The predicted molar refractivity (Wildman–Crippen MR) is 214 cm³/mol. The third-order valence-corrected chi connectivity index (χ3v) is 14.8. The van der Waals surface area contributed by atoms with Gasteiger partial charge in [0.15, 0.2) is 0 Å². The number of thiazole rings is 1. The molecule has 2 fully saturated rings. The lowest BCUT2D eigenvalue weighted by Gasteiger charge is -2.42. The van der Waals surface area contributed by atoms with Crippen LogP contribution in [-0.4, -0.2) is 86.8 Å². The second-order valence-electron chi connectivity index (χ2n) is 17.8. The van der Waals surface area contributed by atoms with E-state index in [1.54, 1.807) is 0 Å². The molecule has 2 aromatic rings. The molecule has 1 atom stereocenters. The lowest BCUT2D eigenvalue weighted by Crippen LogP contribution is -2.49. The Morgan fingerprint density at radius 1 is 1.02 bits per heavy atom. The van der Waals surface area contributed by atoms with E-state index in [1.165, 1.54) is 47.4 Å². The van der Waals surface area contributed by atoms with Crippen LogP contribution in [0, 0.1) is 0 Å². The Kier molecular flexibility index (Phi) is 13.3. The molecule has 2 aliphatic heterocycles. The number of fused-ring (bicyclic) bond motifs is 1. The van der Waals surface area contributed by atoms with Crippen molar-refractivity contribution in [1.82, 2.24) is 14.8 Å². The van der Waals surface area contributed by atoms with E-state index in [-0.39, 0.29) is 23.0 Å². The molecule has 1 aromatic heterocycles. The smallest absolute Gasteiger partial charge is 0.412 e. The van der Waals surface area contributed by atoms with Crippen LogP contribution in [0.3, 0.4) is 0 Å². The third-order valence-electron chi connectivity index (χ3n) is 11.3. The first-order valence-corrected chi connectivity index (χ1v) is 22.4. The first-order chi connectivity index (χ1) is 23.2. The molecule has 1 N–H and O–H groups in total. The minimum Gasteiger partial charge on any atom is -0.444 e. The number of unbranched alkanes of at least 4 members (excludes halogenated alkanes) is 1. The van der Waals surface area contributed by atoms with Gasteiger partial charge in [0.2, 0.25) is 0 Å². The Morgan fingerprint density at radius 3 is 2.22 bits per heavy atom. The monoisotopic (exact) mass is 731 g/mol. The quantitative estimate of drug-likeness (QED) is 0.259. The van der Waals surface area contributed by atoms with Crippen LogP contribution in [0.15, 0.2) is 23.6 Å². The fourth-order valence-corrected chi connectivity index (χ4v) is 8.86. The maximum absolute atomic E-state index is 12.9. The van der Waals surface area contributed by atoms with Crippen molar-refractivity contribution in [3.8, 4) is 11.3 Å². The molecule has 3 aliphatic rings. The molecule has 3 heterocycles. The Morgan fingerprint density at radius 2 is 1.64 bits per heavy atom. The average molecular weight is 732 g/mol. The van der Waals surface area contributed by atoms with Crippen LogP contribution >= 0.6 is 21.6 Å².